The smallest absolute Gasteiger partial charge is 0.258 e. The van der Waals surface area contributed by atoms with Gasteiger partial charge in [0.05, 0.1) is 4.75 Å². The summed E-state index contributed by atoms with van der Waals surface area (Å²) >= 11 is 3.25. The first-order valence-electron chi connectivity index (χ1n) is 5.21. The predicted molar refractivity (Wildman–Crippen MR) is 75.6 cm³/mol. The van der Waals surface area contributed by atoms with E-state index in [1.165, 1.54) is 16.8 Å². The molecule has 0 aliphatic rings. The van der Waals surface area contributed by atoms with Crippen molar-refractivity contribution < 1.29 is 8.42 Å². The van der Waals surface area contributed by atoms with Gasteiger partial charge < -0.3 is 4.57 Å². The van der Waals surface area contributed by atoms with Crippen LogP contribution in [0.4, 0.5) is 0 Å². The third-order valence-electron chi connectivity index (χ3n) is 2.31. The molecule has 0 saturated carbocycles. The van der Waals surface area contributed by atoms with Crippen LogP contribution in [0.5, 0.6) is 0 Å². The van der Waals surface area contributed by atoms with Gasteiger partial charge in [0.25, 0.3) is 15.6 Å². The average molecular weight is 335 g/mol. The lowest BCUT2D eigenvalue weighted by Gasteiger charge is -2.14. The summed E-state index contributed by atoms with van der Waals surface area (Å²) < 4.78 is 28.2. The van der Waals surface area contributed by atoms with E-state index in [2.05, 4.69) is 20.3 Å². The summed E-state index contributed by atoms with van der Waals surface area (Å²) in [5, 5.41) is 0. The molecule has 0 fully saturated rings. The molecule has 0 amide bonds. The number of hydrogen-bond donors (Lipinski definition) is 0. The molecule has 0 bridgehead atoms. The van der Waals surface area contributed by atoms with Gasteiger partial charge in [-0.1, -0.05) is 0 Å². The Balaban J connectivity index is 3.22. The minimum absolute atomic E-state index is 0.229. The zero-order valence-electron chi connectivity index (χ0n) is 10.6. The fraction of sp³-hybridized carbons (Fsp3) is 0.455. The minimum Gasteiger partial charge on any atom is -0.317 e. The van der Waals surface area contributed by atoms with E-state index in [1.807, 2.05) is 0 Å². The molecule has 0 atom stereocenters. The monoisotopic (exact) mass is 334 g/mol. The zero-order valence-corrected chi connectivity index (χ0v) is 13.0. The standard InChI is InChI=1S/C11H15BrN2O3S/c1-11(2,3)18(16,17)13-6-8-5-10(15)14(4)7-9(8)12/h5-7H,1-4H3. The van der Waals surface area contributed by atoms with Crippen LogP contribution >= 0.6 is 15.9 Å². The van der Waals surface area contributed by atoms with Crippen molar-refractivity contribution in [2.24, 2.45) is 11.4 Å². The lowest BCUT2D eigenvalue weighted by molar-refractivity contribution is 0.562. The van der Waals surface area contributed by atoms with Crippen LogP contribution in [-0.2, 0) is 17.1 Å². The lowest BCUT2D eigenvalue weighted by Crippen LogP contribution is -2.26. The quantitative estimate of drug-likeness (QED) is 0.773. The Morgan fingerprint density at radius 1 is 1.39 bits per heavy atom. The molecule has 1 aromatic rings. The average Bonchev–Trinajstić information content (AvgIpc) is 2.20. The van der Waals surface area contributed by atoms with Crippen LogP contribution in [-0.4, -0.2) is 23.9 Å². The highest BCUT2D eigenvalue weighted by Gasteiger charge is 2.27. The molecule has 1 aromatic heterocycles. The van der Waals surface area contributed by atoms with Crippen LogP contribution in [0, 0.1) is 0 Å². The first kappa shape index (κ1) is 15.1. The third-order valence-corrected chi connectivity index (χ3v) is 4.91. The van der Waals surface area contributed by atoms with Crippen LogP contribution < -0.4 is 5.56 Å². The number of nitrogens with zero attached hydrogens (tertiary/aromatic N) is 2. The lowest BCUT2D eigenvalue weighted by atomic mass is 10.3. The maximum absolute atomic E-state index is 11.8. The van der Waals surface area contributed by atoms with Crippen LogP contribution in [0.1, 0.15) is 26.3 Å². The molecule has 1 rings (SSSR count). The molecule has 5 nitrogen and oxygen atoms in total. The Morgan fingerprint density at radius 3 is 2.44 bits per heavy atom. The van der Waals surface area contributed by atoms with Crippen molar-refractivity contribution >= 4 is 32.2 Å². The van der Waals surface area contributed by atoms with Crippen LogP contribution in [0.25, 0.3) is 0 Å². The number of sulfonamides is 1. The molecule has 0 aromatic carbocycles. The van der Waals surface area contributed by atoms with Gasteiger partial charge in [-0.05, 0) is 36.7 Å². The van der Waals surface area contributed by atoms with E-state index in [0.717, 1.165) is 0 Å². The highest BCUT2D eigenvalue weighted by molar-refractivity contribution is 9.10. The van der Waals surface area contributed by atoms with Crippen molar-refractivity contribution in [3.05, 3.63) is 32.7 Å². The van der Waals surface area contributed by atoms with Gasteiger partial charge in [-0.25, -0.2) is 8.42 Å². The summed E-state index contributed by atoms with van der Waals surface area (Å²) in [4.78, 5) is 11.4. The molecule has 18 heavy (non-hydrogen) atoms. The molecular formula is C11H15BrN2O3S. The van der Waals surface area contributed by atoms with Gasteiger partial charge in [-0.3, -0.25) is 4.79 Å². The number of hydrogen-bond acceptors (Lipinski definition) is 3. The molecule has 0 unspecified atom stereocenters. The van der Waals surface area contributed by atoms with Gasteiger partial charge in [0.2, 0.25) is 0 Å². The van der Waals surface area contributed by atoms with Crippen molar-refractivity contribution in [2.45, 2.75) is 25.5 Å². The van der Waals surface area contributed by atoms with Gasteiger partial charge in [0.15, 0.2) is 0 Å². The van der Waals surface area contributed by atoms with E-state index in [-0.39, 0.29) is 5.56 Å². The Bertz CT molecular complexity index is 639. The highest BCUT2D eigenvalue weighted by Crippen LogP contribution is 2.18. The van der Waals surface area contributed by atoms with E-state index in [9.17, 15) is 13.2 Å². The number of rotatable bonds is 2. The van der Waals surface area contributed by atoms with Gasteiger partial charge in [-0.2, -0.15) is 4.40 Å². The van der Waals surface area contributed by atoms with Crippen molar-refractivity contribution in [2.75, 3.05) is 0 Å². The predicted octanol–water partition coefficient (Wildman–Crippen LogP) is 1.70. The Kier molecular flexibility index (Phi) is 4.17. The van der Waals surface area contributed by atoms with Crippen LogP contribution in [0.2, 0.25) is 0 Å². The van der Waals surface area contributed by atoms with E-state index in [0.29, 0.717) is 10.0 Å². The van der Waals surface area contributed by atoms with E-state index in [1.54, 1.807) is 34.0 Å². The number of pyridine rings is 1. The van der Waals surface area contributed by atoms with Gasteiger partial charge in [-0.15, -0.1) is 0 Å². The summed E-state index contributed by atoms with van der Waals surface area (Å²) in [6, 6.07) is 1.33. The van der Waals surface area contributed by atoms with E-state index >= 15 is 0 Å². The van der Waals surface area contributed by atoms with Gasteiger partial charge >= 0.3 is 0 Å². The van der Waals surface area contributed by atoms with Gasteiger partial charge in [0, 0.05) is 35.6 Å². The molecule has 0 N–H and O–H groups in total. The molecule has 1 heterocycles. The second-order valence-corrected chi connectivity index (χ2v) is 8.09. The molecule has 7 heteroatoms. The molecule has 0 saturated heterocycles. The molecule has 0 aliphatic heterocycles. The van der Waals surface area contributed by atoms with E-state index in [4.69, 9.17) is 0 Å². The minimum atomic E-state index is -3.60. The largest absolute Gasteiger partial charge is 0.317 e. The van der Waals surface area contributed by atoms with Crippen molar-refractivity contribution in [3.63, 3.8) is 0 Å². The second kappa shape index (κ2) is 4.97. The summed E-state index contributed by atoms with van der Waals surface area (Å²) in [7, 11) is -1.98. The fourth-order valence-electron chi connectivity index (χ4n) is 0.995. The first-order chi connectivity index (χ1) is 8.04. The third kappa shape index (κ3) is 3.29. The SMILES string of the molecule is Cn1cc(Br)c(C=NS(=O)(=O)C(C)(C)C)cc1=O. The van der Waals surface area contributed by atoms with Crippen LogP contribution in [0.3, 0.4) is 0 Å². The molecular weight excluding hydrogens is 320 g/mol. The molecule has 0 aliphatic carbocycles. The number of halogens is 1. The van der Waals surface area contributed by atoms with Crippen molar-refractivity contribution in [1.82, 2.24) is 4.57 Å². The summed E-state index contributed by atoms with van der Waals surface area (Å²) in [5.74, 6) is 0. The van der Waals surface area contributed by atoms with Gasteiger partial charge in [0.1, 0.15) is 0 Å². The Labute approximate surface area is 115 Å². The highest BCUT2D eigenvalue weighted by atomic mass is 79.9. The fourth-order valence-corrected chi connectivity index (χ4v) is 2.09. The summed E-state index contributed by atoms with van der Waals surface area (Å²) in [6.07, 6.45) is 2.75. The number of aromatic nitrogens is 1. The van der Waals surface area contributed by atoms with Crippen molar-refractivity contribution in [1.29, 1.82) is 0 Å². The number of aryl methyl sites for hydroxylation is 1. The molecule has 0 radical (unpaired) electrons. The van der Waals surface area contributed by atoms with E-state index < -0.39 is 14.8 Å². The summed E-state index contributed by atoms with van der Waals surface area (Å²) in [5.41, 5.74) is 0.207. The first-order valence-corrected chi connectivity index (χ1v) is 7.44. The van der Waals surface area contributed by atoms with Crippen LogP contribution in [0.15, 0.2) is 25.9 Å². The second-order valence-electron chi connectivity index (χ2n) is 4.85. The maximum Gasteiger partial charge on any atom is 0.258 e. The Hall–Kier alpha value is -0.950. The topological polar surface area (TPSA) is 68.5 Å². The molecule has 100 valence electrons. The zero-order chi connectivity index (χ0) is 14.1. The Morgan fingerprint density at radius 2 is 1.94 bits per heavy atom. The van der Waals surface area contributed by atoms with Crippen molar-refractivity contribution in [3.8, 4) is 0 Å². The maximum atomic E-state index is 11.8. The molecule has 0 spiro atoms. The normalized spacial score (nSPS) is 13.2. The summed E-state index contributed by atoms with van der Waals surface area (Å²) in [6.45, 7) is 4.70.